The van der Waals surface area contributed by atoms with Crippen LogP contribution in [-0.2, 0) is 9.53 Å². The minimum atomic E-state index is -0.594. The van der Waals surface area contributed by atoms with Crippen molar-refractivity contribution in [1.29, 1.82) is 5.26 Å². The van der Waals surface area contributed by atoms with E-state index in [1.165, 1.54) is 12.2 Å². The third kappa shape index (κ3) is 3.44. The highest BCUT2D eigenvalue weighted by atomic mass is 19.1. The Kier molecular flexibility index (Phi) is 4.36. The molecule has 0 spiro atoms. The van der Waals surface area contributed by atoms with Crippen LogP contribution in [0.1, 0.15) is 39.0 Å². The SMILES string of the molecule is CC1CCC(C(=O)OC2C=C(F)C(C#N)=CC2)CC1. The Hall–Kier alpha value is -1.63. The first-order valence-electron chi connectivity index (χ1n) is 6.78. The third-order valence-electron chi connectivity index (χ3n) is 3.88. The summed E-state index contributed by atoms with van der Waals surface area (Å²) in [5, 5.41) is 8.65. The molecule has 19 heavy (non-hydrogen) atoms. The first kappa shape index (κ1) is 13.8. The Morgan fingerprint density at radius 2 is 2.11 bits per heavy atom. The first-order valence-corrected chi connectivity index (χ1v) is 6.78. The lowest BCUT2D eigenvalue weighted by atomic mass is 9.83. The van der Waals surface area contributed by atoms with Crippen LogP contribution in [0, 0.1) is 23.2 Å². The standard InChI is InChI=1S/C15H18FNO2/c1-10-2-4-11(5-3-10)15(18)19-13-7-6-12(9-17)14(16)8-13/h6,8,10-11,13H,2-5,7H2,1H3. The van der Waals surface area contributed by atoms with E-state index in [-0.39, 0.29) is 17.5 Å². The number of rotatable bonds is 2. The Labute approximate surface area is 112 Å². The van der Waals surface area contributed by atoms with Gasteiger partial charge in [0.25, 0.3) is 0 Å². The number of allylic oxidation sites excluding steroid dienone is 2. The van der Waals surface area contributed by atoms with Crippen LogP contribution in [0.15, 0.2) is 23.6 Å². The van der Waals surface area contributed by atoms with Gasteiger partial charge in [0.15, 0.2) is 0 Å². The number of carbonyl (C=O) groups excluding carboxylic acids is 1. The maximum absolute atomic E-state index is 13.4. The number of nitriles is 1. The molecule has 3 nitrogen and oxygen atoms in total. The van der Waals surface area contributed by atoms with Crippen LogP contribution in [0.4, 0.5) is 4.39 Å². The average Bonchev–Trinajstić information content (AvgIpc) is 2.39. The zero-order valence-electron chi connectivity index (χ0n) is 11.1. The van der Waals surface area contributed by atoms with E-state index in [1.807, 2.05) is 0 Å². The molecule has 0 aromatic heterocycles. The van der Waals surface area contributed by atoms with Crippen LogP contribution >= 0.6 is 0 Å². The molecule has 0 aromatic rings. The Bertz CT molecular complexity index is 453. The molecule has 4 heteroatoms. The topological polar surface area (TPSA) is 50.1 Å². The summed E-state index contributed by atoms with van der Waals surface area (Å²) < 4.78 is 18.7. The van der Waals surface area contributed by atoms with Gasteiger partial charge in [-0.15, -0.1) is 0 Å². The fraction of sp³-hybridized carbons (Fsp3) is 0.600. The minimum absolute atomic E-state index is 0.0267. The number of ether oxygens (including phenoxy) is 1. The van der Waals surface area contributed by atoms with Crippen molar-refractivity contribution in [1.82, 2.24) is 0 Å². The van der Waals surface area contributed by atoms with E-state index in [9.17, 15) is 9.18 Å². The van der Waals surface area contributed by atoms with Gasteiger partial charge in [-0.25, -0.2) is 4.39 Å². The van der Waals surface area contributed by atoms with Crippen LogP contribution in [0.25, 0.3) is 0 Å². The quantitative estimate of drug-likeness (QED) is 0.717. The van der Waals surface area contributed by atoms with Crippen LogP contribution in [0.3, 0.4) is 0 Å². The highest BCUT2D eigenvalue weighted by molar-refractivity contribution is 5.73. The Morgan fingerprint density at radius 3 is 2.68 bits per heavy atom. The van der Waals surface area contributed by atoms with Gasteiger partial charge < -0.3 is 4.74 Å². The highest BCUT2D eigenvalue weighted by Gasteiger charge is 2.28. The Morgan fingerprint density at radius 1 is 1.42 bits per heavy atom. The molecular weight excluding hydrogens is 245 g/mol. The van der Waals surface area contributed by atoms with E-state index in [1.54, 1.807) is 6.07 Å². The van der Waals surface area contributed by atoms with Crippen molar-refractivity contribution >= 4 is 5.97 Å². The van der Waals surface area contributed by atoms with Crippen molar-refractivity contribution in [3.63, 3.8) is 0 Å². The fourth-order valence-corrected chi connectivity index (χ4v) is 2.57. The van der Waals surface area contributed by atoms with E-state index in [0.717, 1.165) is 25.7 Å². The number of hydrogen-bond acceptors (Lipinski definition) is 3. The third-order valence-corrected chi connectivity index (χ3v) is 3.88. The van der Waals surface area contributed by atoms with Crippen LogP contribution in [-0.4, -0.2) is 12.1 Å². The zero-order valence-corrected chi connectivity index (χ0v) is 11.1. The lowest BCUT2D eigenvalue weighted by Crippen LogP contribution is -2.27. The second kappa shape index (κ2) is 6.01. The molecule has 0 aromatic carbocycles. The van der Waals surface area contributed by atoms with Gasteiger partial charge in [0.2, 0.25) is 0 Å². The molecule has 2 aliphatic rings. The maximum atomic E-state index is 13.4. The molecule has 0 aliphatic heterocycles. The highest BCUT2D eigenvalue weighted by Crippen LogP contribution is 2.30. The van der Waals surface area contributed by atoms with E-state index in [0.29, 0.717) is 12.3 Å². The van der Waals surface area contributed by atoms with Gasteiger partial charge >= 0.3 is 5.97 Å². The molecule has 2 rings (SSSR count). The van der Waals surface area contributed by atoms with Gasteiger partial charge in [0.1, 0.15) is 18.0 Å². The van der Waals surface area contributed by atoms with Crippen molar-refractivity contribution in [3.8, 4) is 6.07 Å². The molecule has 0 heterocycles. The summed E-state index contributed by atoms with van der Waals surface area (Å²) in [4.78, 5) is 12.0. The van der Waals surface area contributed by atoms with Crippen molar-refractivity contribution in [2.45, 2.75) is 45.1 Å². The lowest BCUT2D eigenvalue weighted by Gasteiger charge is -2.26. The summed E-state index contributed by atoms with van der Waals surface area (Å²) in [5.74, 6) is -0.190. The van der Waals surface area contributed by atoms with Gasteiger partial charge in [-0.3, -0.25) is 4.79 Å². The van der Waals surface area contributed by atoms with Crippen LogP contribution in [0.2, 0.25) is 0 Å². The van der Waals surface area contributed by atoms with Gasteiger partial charge in [-0.05, 0) is 37.7 Å². The summed E-state index contributed by atoms with van der Waals surface area (Å²) in [6.45, 7) is 2.19. The number of hydrogen-bond donors (Lipinski definition) is 0. The molecule has 1 atom stereocenters. The molecule has 2 aliphatic carbocycles. The smallest absolute Gasteiger partial charge is 0.309 e. The zero-order chi connectivity index (χ0) is 13.8. The molecular formula is C15H18FNO2. The molecule has 0 amide bonds. The predicted molar refractivity (Wildman–Crippen MR) is 68.5 cm³/mol. The molecule has 1 fully saturated rings. The predicted octanol–water partition coefficient (Wildman–Crippen LogP) is 3.43. The summed E-state index contributed by atoms with van der Waals surface area (Å²) >= 11 is 0. The molecule has 0 saturated heterocycles. The largest absolute Gasteiger partial charge is 0.457 e. The number of halogens is 1. The molecule has 1 saturated carbocycles. The van der Waals surface area contributed by atoms with E-state index in [2.05, 4.69) is 6.92 Å². The molecule has 102 valence electrons. The lowest BCUT2D eigenvalue weighted by molar-refractivity contribution is -0.153. The summed E-state index contributed by atoms with van der Waals surface area (Å²) in [6, 6.07) is 1.77. The molecule has 0 N–H and O–H groups in total. The van der Waals surface area contributed by atoms with Gasteiger partial charge in [0.05, 0.1) is 11.5 Å². The number of nitrogens with zero attached hydrogens (tertiary/aromatic N) is 1. The molecule has 0 radical (unpaired) electrons. The number of carbonyl (C=O) groups is 1. The van der Waals surface area contributed by atoms with E-state index < -0.39 is 11.9 Å². The van der Waals surface area contributed by atoms with Crippen molar-refractivity contribution in [2.75, 3.05) is 0 Å². The van der Waals surface area contributed by atoms with Crippen molar-refractivity contribution in [3.05, 3.63) is 23.6 Å². The van der Waals surface area contributed by atoms with E-state index in [4.69, 9.17) is 10.00 Å². The van der Waals surface area contributed by atoms with Gasteiger partial charge in [-0.2, -0.15) is 5.26 Å². The Balaban J connectivity index is 1.88. The van der Waals surface area contributed by atoms with Gasteiger partial charge in [0, 0.05) is 6.42 Å². The number of esters is 1. The fourth-order valence-electron chi connectivity index (χ4n) is 2.57. The van der Waals surface area contributed by atoms with Crippen LogP contribution < -0.4 is 0 Å². The normalized spacial score (nSPS) is 30.9. The van der Waals surface area contributed by atoms with Crippen LogP contribution in [0.5, 0.6) is 0 Å². The van der Waals surface area contributed by atoms with E-state index >= 15 is 0 Å². The monoisotopic (exact) mass is 263 g/mol. The molecule has 1 unspecified atom stereocenters. The summed E-state index contributed by atoms with van der Waals surface area (Å²) in [6.07, 6.45) is 6.34. The second-order valence-electron chi connectivity index (χ2n) is 5.41. The van der Waals surface area contributed by atoms with Gasteiger partial charge in [-0.1, -0.05) is 13.0 Å². The van der Waals surface area contributed by atoms with Crippen molar-refractivity contribution < 1.29 is 13.9 Å². The second-order valence-corrected chi connectivity index (χ2v) is 5.41. The maximum Gasteiger partial charge on any atom is 0.309 e. The minimum Gasteiger partial charge on any atom is -0.457 e. The average molecular weight is 263 g/mol. The van der Waals surface area contributed by atoms with Crippen molar-refractivity contribution in [2.24, 2.45) is 11.8 Å². The first-order chi connectivity index (χ1) is 9.10. The summed E-state index contributed by atoms with van der Waals surface area (Å²) in [7, 11) is 0. The molecule has 0 bridgehead atoms. The summed E-state index contributed by atoms with van der Waals surface area (Å²) in [5.41, 5.74) is 0.0267.